The fourth-order valence-electron chi connectivity index (χ4n) is 7.13. The second kappa shape index (κ2) is 10.6. The van der Waals surface area contributed by atoms with Crippen molar-refractivity contribution in [1.82, 2.24) is 0 Å². The third kappa shape index (κ3) is 4.52. The summed E-state index contributed by atoms with van der Waals surface area (Å²) in [5, 5.41) is 3.80. The van der Waals surface area contributed by atoms with E-state index < -0.39 is 0 Å². The Hall–Kier alpha value is -3.84. The number of benzene rings is 4. The van der Waals surface area contributed by atoms with E-state index in [1.807, 2.05) is 0 Å². The molecule has 0 aromatic heterocycles. The maximum absolute atomic E-state index is 3.80. The quantitative estimate of drug-likeness (QED) is 0.254. The van der Waals surface area contributed by atoms with Gasteiger partial charge in [0.1, 0.15) is 0 Å². The van der Waals surface area contributed by atoms with E-state index in [-0.39, 0.29) is 5.41 Å². The topological polar surface area (TPSA) is 12.0 Å². The first-order chi connectivity index (χ1) is 19.4. The number of hydrogen-bond acceptors (Lipinski definition) is 1. The number of allylic oxidation sites excluding steroid dienone is 4. The lowest BCUT2D eigenvalue weighted by molar-refractivity contribution is 0.656. The minimum Gasteiger partial charge on any atom is -0.355 e. The molecular weight excluding hydrogens is 482 g/mol. The van der Waals surface area contributed by atoms with Crippen LogP contribution in [-0.2, 0) is 5.41 Å². The average Bonchev–Trinajstić information content (AvgIpc) is 3.21. The minimum atomic E-state index is 0.00540. The molecule has 0 aliphatic heterocycles. The van der Waals surface area contributed by atoms with E-state index >= 15 is 0 Å². The molecule has 202 valence electrons. The van der Waals surface area contributed by atoms with Crippen molar-refractivity contribution in [2.75, 3.05) is 5.32 Å². The molecule has 0 heterocycles. The molecule has 1 atom stereocenters. The van der Waals surface area contributed by atoms with Crippen LogP contribution in [0.1, 0.15) is 81.5 Å². The molecule has 0 spiro atoms. The molecule has 2 aliphatic rings. The van der Waals surface area contributed by atoms with Crippen molar-refractivity contribution in [3.8, 4) is 22.3 Å². The van der Waals surface area contributed by atoms with E-state index in [0.717, 1.165) is 18.5 Å². The second-order valence-corrected chi connectivity index (χ2v) is 12.1. The zero-order valence-corrected chi connectivity index (χ0v) is 24.6. The molecule has 4 aromatic carbocycles. The number of fused-ring (bicyclic) bond motifs is 3. The van der Waals surface area contributed by atoms with Crippen LogP contribution in [0.25, 0.3) is 27.8 Å². The second-order valence-electron chi connectivity index (χ2n) is 12.1. The zero-order valence-electron chi connectivity index (χ0n) is 24.6. The van der Waals surface area contributed by atoms with Crippen LogP contribution in [0.15, 0.2) is 103 Å². The van der Waals surface area contributed by atoms with E-state index in [1.54, 1.807) is 0 Å². The Balaban J connectivity index is 1.37. The normalized spacial score (nSPS) is 16.0. The first-order valence-electron chi connectivity index (χ1n) is 15.0. The Labute approximate surface area is 240 Å². The summed E-state index contributed by atoms with van der Waals surface area (Å²) < 4.78 is 0. The molecule has 0 saturated carbocycles. The van der Waals surface area contributed by atoms with E-state index in [0.29, 0.717) is 5.92 Å². The lowest BCUT2D eigenvalue weighted by atomic mass is 9.80. The van der Waals surface area contributed by atoms with Crippen molar-refractivity contribution in [1.29, 1.82) is 0 Å². The molecule has 0 radical (unpaired) electrons. The Kier molecular flexibility index (Phi) is 7.00. The molecule has 40 heavy (non-hydrogen) atoms. The van der Waals surface area contributed by atoms with Crippen molar-refractivity contribution >= 4 is 16.9 Å². The highest BCUT2D eigenvalue weighted by Crippen LogP contribution is 2.54. The van der Waals surface area contributed by atoms with Gasteiger partial charge in [0.25, 0.3) is 0 Å². The Bertz CT molecular complexity index is 1610. The molecule has 0 saturated heterocycles. The lowest BCUT2D eigenvalue weighted by Gasteiger charge is -2.26. The SMILES string of the molecule is CCCC(C)c1c(-c2ccc(Nc3cccc4c3C(C)(C)C3=CCCC=C34)cc2)cccc1-c1ccccc1C. The van der Waals surface area contributed by atoms with E-state index in [9.17, 15) is 0 Å². The summed E-state index contributed by atoms with van der Waals surface area (Å²) >= 11 is 0. The number of aryl methyl sites for hydroxylation is 1. The summed E-state index contributed by atoms with van der Waals surface area (Å²) in [5.41, 5.74) is 16.2. The van der Waals surface area contributed by atoms with Gasteiger partial charge in [0.15, 0.2) is 0 Å². The van der Waals surface area contributed by atoms with Gasteiger partial charge in [0.2, 0.25) is 0 Å². The minimum absolute atomic E-state index is 0.00540. The average molecular weight is 524 g/mol. The van der Waals surface area contributed by atoms with Crippen LogP contribution in [0.2, 0.25) is 0 Å². The highest BCUT2D eigenvalue weighted by Gasteiger charge is 2.40. The van der Waals surface area contributed by atoms with Crippen LogP contribution in [0.5, 0.6) is 0 Å². The van der Waals surface area contributed by atoms with Gasteiger partial charge in [0, 0.05) is 16.8 Å². The van der Waals surface area contributed by atoms with Crippen LogP contribution < -0.4 is 5.32 Å². The van der Waals surface area contributed by atoms with Gasteiger partial charge < -0.3 is 5.32 Å². The first kappa shape index (κ1) is 26.4. The molecular formula is C39H41N. The van der Waals surface area contributed by atoms with Gasteiger partial charge in [-0.1, -0.05) is 113 Å². The van der Waals surface area contributed by atoms with E-state index in [2.05, 4.69) is 137 Å². The van der Waals surface area contributed by atoms with Gasteiger partial charge in [-0.2, -0.15) is 0 Å². The summed E-state index contributed by atoms with van der Waals surface area (Å²) in [4.78, 5) is 0. The van der Waals surface area contributed by atoms with Gasteiger partial charge in [-0.15, -0.1) is 0 Å². The van der Waals surface area contributed by atoms with Crippen LogP contribution in [-0.4, -0.2) is 0 Å². The summed E-state index contributed by atoms with van der Waals surface area (Å²) in [7, 11) is 0. The number of nitrogens with one attached hydrogen (secondary N) is 1. The molecule has 4 aromatic rings. The molecule has 2 aliphatic carbocycles. The summed E-state index contributed by atoms with van der Waals surface area (Å²) in [6, 6.07) is 31.4. The van der Waals surface area contributed by atoms with Crippen molar-refractivity contribution in [3.63, 3.8) is 0 Å². The molecule has 1 unspecified atom stereocenters. The molecule has 0 fully saturated rings. The van der Waals surface area contributed by atoms with Crippen molar-refractivity contribution in [2.45, 2.75) is 71.6 Å². The number of anilines is 2. The van der Waals surface area contributed by atoms with Crippen LogP contribution >= 0.6 is 0 Å². The molecule has 1 N–H and O–H groups in total. The fourth-order valence-corrected chi connectivity index (χ4v) is 7.13. The standard InChI is InChI=1S/C39H41N/c1-6-13-27(3)37-31(17-11-18-33(37)30-15-8-7-14-26(30)2)28-22-24-29(25-23-28)40-36-21-12-19-34-32-16-9-10-20-35(32)39(4,5)38(34)36/h7-8,11-12,14-25,27,40H,6,9-10,13H2,1-5H3. The molecule has 1 heteroatoms. The molecule has 1 nitrogen and oxygen atoms in total. The van der Waals surface area contributed by atoms with Gasteiger partial charge in [-0.05, 0) is 106 Å². The summed E-state index contributed by atoms with van der Waals surface area (Å²) in [6.45, 7) is 11.6. The van der Waals surface area contributed by atoms with E-state index in [4.69, 9.17) is 0 Å². The monoisotopic (exact) mass is 523 g/mol. The van der Waals surface area contributed by atoms with Crippen molar-refractivity contribution in [3.05, 3.63) is 125 Å². The maximum Gasteiger partial charge on any atom is 0.0431 e. The lowest BCUT2D eigenvalue weighted by Crippen LogP contribution is -2.17. The Morgan fingerprint density at radius 1 is 0.750 bits per heavy atom. The largest absolute Gasteiger partial charge is 0.355 e. The fraction of sp³-hybridized carbons (Fsp3) is 0.282. The highest BCUT2D eigenvalue weighted by molar-refractivity contribution is 5.94. The summed E-state index contributed by atoms with van der Waals surface area (Å²) in [5.74, 6) is 0.481. The van der Waals surface area contributed by atoms with Crippen molar-refractivity contribution in [2.24, 2.45) is 0 Å². The van der Waals surface area contributed by atoms with Crippen molar-refractivity contribution < 1.29 is 0 Å². The summed E-state index contributed by atoms with van der Waals surface area (Å²) in [6.07, 6.45) is 9.52. The van der Waals surface area contributed by atoms with E-state index in [1.165, 1.54) is 74.2 Å². The Morgan fingerprint density at radius 2 is 1.43 bits per heavy atom. The maximum atomic E-state index is 3.80. The first-order valence-corrected chi connectivity index (χ1v) is 15.0. The zero-order chi connectivity index (χ0) is 27.9. The van der Waals surface area contributed by atoms with Gasteiger partial charge in [-0.3, -0.25) is 0 Å². The Morgan fingerprint density at radius 3 is 2.20 bits per heavy atom. The van der Waals surface area contributed by atoms with Crippen LogP contribution in [0.4, 0.5) is 11.4 Å². The predicted octanol–water partition coefficient (Wildman–Crippen LogP) is 11.4. The van der Waals surface area contributed by atoms with Crippen LogP contribution in [0, 0.1) is 6.92 Å². The van der Waals surface area contributed by atoms with Gasteiger partial charge >= 0.3 is 0 Å². The molecule has 0 bridgehead atoms. The number of rotatable bonds is 7. The van der Waals surface area contributed by atoms with Gasteiger partial charge in [0.05, 0.1) is 0 Å². The third-order valence-corrected chi connectivity index (χ3v) is 9.04. The number of hydrogen-bond donors (Lipinski definition) is 1. The van der Waals surface area contributed by atoms with Crippen LogP contribution in [0.3, 0.4) is 0 Å². The third-order valence-electron chi connectivity index (χ3n) is 9.04. The molecule has 6 rings (SSSR count). The smallest absolute Gasteiger partial charge is 0.0431 e. The van der Waals surface area contributed by atoms with Gasteiger partial charge in [-0.25, -0.2) is 0 Å². The predicted molar refractivity (Wildman–Crippen MR) is 173 cm³/mol. The molecule has 0 amide bonds. The highest BCUT2D eigenvalue weighted by atomic mass is 14.9.